The third-order valence-corrected chi connectivity index (χ3v) is 11.8. The normalized spacial score (nSPS) is 13.3. The highest BCUT2D eigenvalue weighted by Crippen LogP contribution is 2.42. The lowest BCUT2D eigenvalue weighted by atomic mass is 9.97. The van der Waals surface area contributed by atoms with Crippen LogP contribution >= 0.6 is 0 Å². The number of nitrogens with zero attached hydrogens (tertiary/aromatic N) is 2. The van der Waals surface area contributed by atoms with Gasteiger partial charge in [-0.15, -0.1) is 0 Å². The molecule has 0 saturated heterocycles. The van der Waals surface area contributed by atoms with Gasteiger partial charge in [-0.25, -0.2) is 0 Å². The molecule has 12 aromatic rings. The molecule has 0 aliphatic carbocycles. The van der Waals surface area contributed by atoms with Crippen molar-refractivity contribution in [3.05, 3.63) is 230 Å². The van der Waals surface area contributed by atoms with Crippen LogP contribution in [-0.4, -0.2) is 9.13 Å². The molecule has 0 bridgehead atoms. The molecule has 280 valence electrons. The van der Waals surface area contributed by atoms with Crippen molar-refractivity contribution in [2.45, 2.75) is 0 Å². The Morgan fingerprint density at radius 1 is 0.317 bits per heavy atom. The molecule has 2 heterocycles. The molecule has 0 aliphatic heterocycles. The number of benzene rings is 10. The van der Waals surface area contributed by atoms with Crippen LogP contribution in [0.5, 0.6) is 0 Å². The van der Waals surface area contributed by atoms with Gasteiger partial charge in [-0.05, 0) is 122 Å². The predicted octanol–water partition coefficient (Wildman–Crippen LogP) is 15.7. The van der Waals surface area contributed by atoms with Gasteiger partial charge in [0.1, 0.15) is 0 Å². The molecule has 2 nitrogen and oxygen atoms in total. The van der Waals surface area contributed by atoms with Gasteiger partial charge in [0.05, 0.1) is 31.7 Å². The van der Waals surface area contributed by atoms with Crippen molar-refractivity contribution in [1.29, 1.82) is 0 Å². The topological polar surface area (TPSA) is 9.86 Å². The van der Waals surface area contributed by atoms with Crippen molar-refractivity contribution >= 4 is 54.4 Å². The standard InChI is InChI=1S/C58H38N2/c1-3-12-39(13-4-1)41-24-30-49(31-25-41)60-56-35-29-47(38-53(56)58-50(19-11-21-57(58)60)43-15-5-2-6-16-43)46-28-34-55-52(37-46)51-18-9-10-20-54(51)59(55)48-32-26-42(27-33-48)45-23-22-40-14-7-8-17-44(40)36-45/h1-38H/i9D,10D,18D,20D,28D,34D,37D. The van der Waals surface area contributed by atoms with Crippen LogP contribution in [0.15, 0.2) is 230 Å². The van der Waals surface area contributed by atoms with E-state index in [1.165, 1.54) is 0 Å². The van der Waals surface area contributed by atoms with E-state index in [9.17, 15) is 6.85 Å². The molecule has 60 heavy (non-hydrogen) atoms. The largest absolute Gasteiger partial charge is 0.309 e. The van der Waals surface area contributed by atoms with E-state index < -0.39 is 12.1 Å². The first-order valence-corrected chi connectivity index (χ1v) is 20.1. The van der Waals surface area contributed by atoms with Crippen molar-refractivity contribution in [2.75, 3.05) is 0 Å². The molecule has 0 atom stereocenters. The lowest BCUT2D eigenvalue weighted by molar-refractivity contribution is 1.18. The van der Waals surface area contributed by atoms with Gasteiger partial charge in [-0.3, -0.25) is 0 Å². The number of fused-ring (bicyclic) bond motifs is 7. The minimum Gasteiger partial charge on any atom is -0.309 e. The van der Waals surface area contributed by atoms with E-state index in [1.54, 1.807) is 4.57 Å². The molecule has 0 unspecified atom stereocenters. The molecule has 12 rings (SSSR count). The molecular formula is C58H38N2. The fourth-order valence-corrected chi connectivity index (χ4v) is 8.89. The van der Waals surface area contributed by atoms with Crippen molar-refractivity contribution in [1.82, 2.24) is 9.13 Å². The molecule has 0 radical (unpaired) electrons. The highest BCUT2D eigenvalue weighted by molar-refractivity contribution is 6.17. The molecule has 0 aliphatic rings. The molecule has 0 saturated carbocycles. The zero-order valence-electron chi connectivity index (χ0n) is 39.3. The van der Waals surface area contributed by atoms with Crippen LogP contribution in [0, 0.1) is 0 Å². The molecule has 0 spiro atoms. The van der Waals surface area contributed by atoms with Gasteiger partial charge in [-0.2, -0.15) is 0 Å². The third kappa shape index (κ3) is 5.57. The third-order valence-electron chi connectivity index (χ3n) is 11.8. The van der Waals surface area contributed by atoms with E-state index in [1.807, 2.05) is 91.0 Å². The highest BCUT2D eigenvalue weighted by atomic mass is 15.0. The maximum absolute atomic E-state index is 9.98. The van der Waals surface area contributed by atoms with E-state index in [0.29, 0.717) is 11.3 Å². The molecule has 0 fully saturated rings. The number of hydrogen-bond acceptors (Lipinski definition) is 0. The summed E-state index contributed by atoms with van der Waals surface area (Å²) < 4.78 is 69.2. The molecule has 2 aromatic heterocycles. The Morgan fingerprint density at radius 3 is 1.67 bits per heavy atom. The first-order chi connectivity index (χ1) is 32.7. The van der Waals surface area contributed by atoms with E-state index in [-0.39, 0.29) is 57.6 Å². The van der Waals surface area contributed by atoms with Gasteiger partial charge in [0, 0.05) is 32.9 Å². The Bertz CT molecular complexity index is 3970. The summed E-state index contributed by atoms with van der Waals surface area (Å²) in [6.07, 6.45) is 0. The summed E-state index contributed by atoms with van der Waals surface area (Å²) in [5.74, 6) is 0. The summed E-state index contributed by atoms with van der Waals surface area (Å²) in [4.78, 5) is 0. The average Bonchev–Trinajstić information content (AvgIpc) is 3.92. The summed E-state index contributed by atoms with van der Waals surface area (Å²) in [5.41, 5.74) is 10.8. The van der Waals surface area contributed by atoms with Crippen LogP contribution in [0.2, 0.25) is 0 Å². The van der Waals surface area contributed by atoms with Crippen LogP contribution in [0.25, 0.3) is 110 Å². The van der Waals surface area contributed by atoms with Crippen molar-refractivity contribution in [3.63, 3.8) is 0 Å². The fourth-order valence-electron chi connectivity index (χ4n) is 8.89. The maximum Gasteiger partial charge on any atom is 0.0645 e. The zero-order valence-corrected chi connectivity index (χ0v) is 32.3. The van der Waals surface area contributed by atoms with Crippen LogP contribution in [0.4, 0.5) is 0 Å². The second-order valence-electron chi connectivity index (χ2n) is 15.2. The van der Waals surface area contributed by atoms with E-state index in [4.69, 9.17) is 2.74 Å². The zero-order chi connectivity index (χ0) is 45.7. The Labute approximate surface area is 358 Å². The number of rotatable bonds is 6. The van der Waals surface area contributed by atoms with Gasteiger partial charge in [0.2, 0.25) is 0 Å². The predicted molar refractivity (Wildman–Crippen MR) is 254 cm³/mol. The molecule has 2 heteroatoms. The van der Waals surface area contributed by atoms with Gasteiger partial charge in [-0.1, -0.05) is 164 Å². The summed E-state index contributed by atoms with van der Waals surface area (Å²) in [5, 5.41) is 4.49. The van der Waals surface area contributed by atoms with Gasteiger partial charge in [0.25, 0.3) is 0 Å². The fraction of sp³-hybridized carbons (Fsp3) is 0. The lowest BCUT2D eigenvalue weighted by Gasteiger charge is -2.11. The average molecular weight is 770 g/mol. The SMILES string of the molecule is [2H]c1c([2H])c([2H])c2c(c1[2H])c1c([2H])c(-c3ccc4c(c3)c3c(-c5ccccc5)cccc3n4-c3ccc(-c4ccccc4)cc3)c([2H])c([2H])c1n2-c1ccc(-c2ccc3ccccc3c2)cc1. The first-order valence-electron chi connectivity index (χ1n) is 23.6. The van der Waals surface area contributed by atoms with Crippen molar-refractivity contribution in [2.24, 2.45) is 0 Å². The Morgan fingerprint density at radius 2 is 0.900 bits per heavy atom. The minimum atomic E-state index is -0.426. The Kier molecular flexibility index (Phi) is 6.39. The van der Waals surface area contributed by atoms with Crippen LogP contribution in [0.3, 0.4) is 0 Å². The number of para-hydroxylation sites is 1. The quantitative estimate of drug-likeness (QED) is 0.159. The number of aromatic nitrogens is 2. The summed E-state index contributed by atoms with van der Waals surface area (Å²) in [6.45, 7) is 0. The molecule has 10 aromatic carbocycles. The van der Waals surface area contributed by atoms with Gasteiger partial charge >= 0.3 is 0 Å². The van der Waals surface area contributed by atoms with Gasteiger partial charge in [0.15, 0.2) is 0 Å². The monoisotopic (exact) mass is 769 g/mol. The Hall–Kier alpha value is -7.94. The van der Waals surface area contributed by atoms with E-state index >= 15 is 0 Å². The van der Waals surface area contributed by atoms with Crippen molar-refractivity contribution < 1.29 is 9.60 Å². The summed E-state index contributed by atoms with van der Waals surface area (Å²) >= 11 is 0. The lowest BCUT2D eigenvalue weighted by Crippen LogP contribution is -1.94. The van der Waals surface area contributed by atoms with Crippen molar-refractivity contribution in [3.8, 4) is 55.9 Å². The first kappa shape index (κ1) is 27.7. The summed E-state index contributed by atoms with van der Waals surface area (Å²) in [7, 11) is 0. The number of hydrogen-bond donors (Lipinski definition) is 0. The van der Waals surface area contributed by atoms with Gasteiger partial charge < -0.3 is 9.13 Å². The second-order valence-corrected chi connectivity index (χ2v) is 15.2. The second kappa shape index (κ2) is 13.9. The van der Waals surface area contributed by atoms with E-state index in [0.717, 1.165) is 71.6 Å². The van der Waals surface area contributed by atoms with Crippen LogP contribution in [-0.2, 0) is 0 Å². The van der Waals surface area contributed by atoms with Crippen LogP contribution < -0.4 is 0 Å². The smallest absolute Gasteiger partial charge is 0.0645 e. The highest BCUT2D eigenvalue weighted by Gasteiger charge is 2.19. The molecular weight excluding hydrogens is 725 g/mol. The molecule has 0 amide bonds. The molecule has 0 N–H and O–H groups in total. The van der Waals surface area contributed by atoms with E-state index in [2.05, 4.69) is 102 Å². The van der Waals surface area contributed by atoms with Crippen LogP contribution in [0.1, 0.15) is 9.60 Å². The maximum atomic E-state index is 9.98. The summed E-state index contributed by atoms with van der Waals surface area (Å²) in [6, 6.07) is 61.5. The Balaban J connectivity index is 1.09. The minimum absolute atomic E-state index is 0.0829.